The minimum atomic E-state index is -0.0137. The molecule has 0 saturated carbocycles. The highest BCUT2D eigenvalue weighted by Crippen LogP contribution is 2.09. The molecule has 0 saturated heterocycles. The molecule has 0 unspecified atom stereocenters. The van der Waals surface area contributed by atoms with E-state index in [0.29, 0.717) is 17.8 Å². The molecule has 0 aliphatic rings. The smallest absolute Gasteiger partial charge is 0.211 e. The molecule has 0 bridgehead atoms. The van der Waals surface area contributed by atoms with Crippen molar-refractivity contribution in [2.45, 2.75) is 13.3 Å². The highest BCUT2D eigenvalue weighted by atomic mass is 16.1. The van der Waals surface area contributed by atoms with Crippen LogP contribution in [0.2, 0.25) is 0 Å². The first kappa shape index (κ1) is 13.2. The Morgan fingerprint density at radius 1 is 0.895 bits per heavy atom. The zero-order chi connectivity index (χ0) is 13.5. The summed E-state index contributed by atoms with van der Waals surface area (Å²) in [6.07, 6.45) is 0.929. The Morgan fingerprint density at radius 3 is 1.95 bits per heavy atom. The van der Waals surface area contributed by atoms with Crippen molar-refractivity contribution in [3.63, 3.8) is 0 Å². The van der Waals surface area contributed by atoms with Crippen LogP contribution in [-0.4, -0.2) is 18.0 Å². The van der Waals surface area contributed by atoms with E-state index >= 15 is 0 Å². The molecule has 2 aromatic rings. The fourth-order valence-electron chi connectivity index (χ4n) is 1.84. The second-order valence-corrected chi connectivity index (χ2v) is 4.29. The predicted octanol–water partition coefficient (Wildman–Crippen LogP) is 3.77. The molecule has 0 heterocycles. The molecule has 0 N–H and O–H groups in total. The van der Waals surface area contributed by atoms with Gasteiger partial charge in [-0.15, -0.1) is 0 Å². The van der Waals surface area contributed by atoms with Crippen molar-refractivity contribution in [2.75, 3.05) is 6.54 Å². The molecular weight excluding hydrogens is 234 g/mol. The van der Waals surface area contributed by atoms with Crippen molar-refractivity contribution in [3.8, 4) is 0 Å². The normalized spacial score (nSPS) is 11.3. The van der Waals surface area contributed by atoms with Gasteiger partial charge in [-0.05, 0) is 6.42 Å². The van der Waals surface area contributed by atoms with Crippen LogP contribution < -0.4 is 0 Å². The maximum absolute atomic E-state index is 12.5. The Balaban J connectivity index is 2.37. The molecule has 0 atom stereocenters. The van der Waals surface area contributed by atoms with E-state index in [1.165, 1.54) is 0 Å². The summed E-state index contributed by atoms with van der Waals surface area (Å²) in [5, 5.41) is 0. The second-order valence-electron chi connectivity index (χ2n) is 4.29. The average molecular weight is 251 g/mol. The van der Waals surface area contributed by atoms with Gasteiger partial charge in [-0.3, -0.25) is 9.79 Å². The number of rotatable bonds is 5. The van der Waals surface area contributed by atoms with E-state index in [9.17, 15) is 4.79 Å². The summed E-state index contributed by atoms with van der Waals surface area (Å²) >= 11 is 0. The predicted molar refractivity (Wildman–Crippen MR) is 78.9 cm³/mol. The Kier molecular flexibility index (Phi) is 4.62. The Hall–Kier alpha value is -2.22. The van der Waals surface area contributed by atoms with Crippen LogP contribution in [0.5, 0.6) is 0 Å². The molecule has 0 radical (unpaired) electrons. The fourth-order valence-corrected chi connectivity index (χ4v) is 1.84. The van der Waals surface area contributed by atoms with Crippen molar-refractivity contribution >= 4 is 11.5 Å². The van der Waals surface area contributed by atoms with E-state index in [2.05, 4.69) is 11.9 Å². The lowest BCUT2D eigenvalue weighted by atomic mass is 10.0. The van der Waals surface area contributed by atoms with Gasteiger partial charge >= 0.3 is 0 Å². The van der Waals surface area contributed by atoms with Crippen molar-refractivity contribution in [3.05, 3.63) is 71.8 Å². The molecule has 19 heavy (non-hydrogen) atoms. The number of hydrogen-bond donors (Lipinski definition) is 0. The summed E-state index contributed by atoms with van der Waals surface area (Å²) < 4.78 is 0. The zero-order valence-corrected chi connectivity index (χ0v) is 11.0. The average Bonchev–Trinajstić information content (AvgIpc) is 2.49. The standard InChI is InChI=1S/C17H17NO/c1-2-13-18-16(14-9-5-3-6-10-14)17(19)15-11-7-4-8-12-15/h3-12H,2,13H2,1H3. The van der Waals surface area contributed by atoms with Gasteiger partial charge < -0.3 is 0 Å². The third-order valence-electron chi connectivity index (χ3n) is 2.79. The van der Waals surface area contributed by atoms with Gasteiger partial charge in [-0.2, -0.15) is 0 Å². The van der Waals surface area contributed by atoms with Crippen molar-refractivity contribution in [1.29, 1.82) is 0 Å². The molecule has 2 nitrogen and oxygen atoms in total. The molecule has 0 amide bonds. The second kappa shape index (κ2) is 6.64. The fraction of sp³-hybridized carbons (Fsp3) is 0.176. The minimum Gasteiger partial charge on any atom is -0.287 e. The topological polar surface area (TPSA) is 29.4 Å². The summed E-state index contributed by atoms with van der Waals surface area (Å²) in [4.78, 5) is 17.0. The molecule has 0 aromatic heterocycles. The highest BCUT2D eigenvalue weighted by Gasteiger charge is 2.15. The summed E-state index contributed by atoms with van der Waals surface area (Å²) in [5.41, 5.74) is 2.11. The molecule has 96 valence electrons. The monoisotopic (exact) mass is 251 g/mol. The van der Waals surface area contributed by atoms with E-state index in [1.54, 1.807) is 0 Å². The number of ketones is 1. The molecule has 0 aliphatic carbocycles. The van der Waals surface area contributed by atoms with E-state index in [1.807, 2.05) is 60.7 Å². The van der Waals surface area contributed by atoms with Crippen LogP contribution in [0.25, 0.3) is 0 Å². The third-order valence-corrected chi connectivity index (χ3v) is 2.79. The van der Waals surface area contributed by atoms with Gasteiger partial charge in [-0.25, -0.2) is 0 Å². The Bertz CT molecular complexity index is 558. The number of carbonyl (C=O) groups is 1. The number of nitrogens with zero attached hydrogens (tertiary/aromatic N) is 1. The van der Waals surface area contributed by atoms with E-state index in [4.69, 9.17) is 0 Å². The van der Waals surface area contributed by atoms with Crippen LogP contribution in [0.15, 0.2) is 65.7 Å². The largest absolute Gasteiger partial charge is 0.287 e. The number of hydrogen-bond acceptors (Lipinski definition) is 2. The Morgan fingerprint density at radius 2 is 1.42 bits per heavy atom. The highest BCUT2D eigenvalue weighted by molar-refractivity contribution is 6.51. The first-order chi connectivity index (χ1) is 9.33. The number of carbonyl (C=O) groups excluding carboxylic acids is 1. The molecule has 2 rings (SSSR count). The lowest BCUT2D eigenvalue weighted by Crippen LogP contribution is -2.16. The summed E-state index contributed by atoms with van der Waals surface area (Å²) in [5.74, 6) is -0.0137. The van der Waals surface area contributed by atoms with E-state index in [0.717, 1.165) is 12.0 Å². The summed E-state index contributed by atoms with van der Waals surface area (Å²) in [6, 6.07) is 18.9. The first-order valence-corrected chi connectivity index (χ1v) is 6.52. The Labute approximate surface area is 113 Å². The lowest BCUT2D eigenvalue weighted by molar-refractivity contribution is 0.106. The molecular formula is C17H17NO. The minimum absolute atomic E-state index is 0.0137. The lowest BCUT2D eigenvalue weighted by Gasteiger charge is -2.06. The first-order valence-electron chi connectivity index (χ1n) is 6.52. The van der Waals surface area contributed by atoms with Crippen molar-refractivity contribution in [1.82, 2.24) is 0 Å². The molecule has 0 spiro atoms. The molecule has 2 aromatic carbocycles. The van der Waals surface area contributed by atoms with Gasteiger partial charge in [0.2, 0.25) is 5.78 Å². The van der Waals surface area contributed by atoms with E-state index in [-0.39, 0.29) is 5.78 Å². The van der Waals surface area contributed by atoms with Crippen LogP contribution >= 0.6 is 0 Å². The summed E-state index contributed by atoms with van der Waals surface area (Å²) in [7, 11) is 0. The van der Waals surface area contributed by atoms with Crippen molar-refractivity contribution in [2.24, 2.45) is 4.99 Å². The molecule has 0 fully saturated rings. The van der Waals surface area contributed by atoms with Crippen LogP contribution in [-0.2, 0) is 0 Å². The van der Waals surface area contributed by atoms with Gasteiger partial charge in [0.15, 0.2) is 0 Å². The molecule has 0 aliphatic heterocycles. The van der Waals surface area contributed by atoms with Crippen LogP contribution in [0.4, 0.5) is 0 Å². The number of benzene rings is 2. The summed E-state index contributed by atoms with van der Waals surface area (Å²) in [6.45, 7) is 2.72. The quantitative estimate of drug-likeness (QED) is 0.587. The number of Topliss-reactive ketones (excluding diaryl/α,β-unsaturated/α-hetero) is 1. The van der Waals surface area contributed by atoms with Gasteiger partial charge in [0.25, 0.3) is 0 Å². The van der Waals surface area contributed by atoms with Crippen LogP contribution in [0.3, 0.4) is 0 Å². The van der Waals surface area contributed by atoms with E-state index < -0.39 is 0 Å². The SMILES string of the molecule is CCCN=C(C(=O)c1ccccc1)c1ccccc1. The zero-order valence-electron chi connectivity index (χ0n) is 11.0. The van der Waals surface area contributed by atoms with Gasteiger partial charge in [0, 0.05) is 17.7 Å². The molecule has 2 heteroatoms. The van der Waals surface area contributed by atoms with Gasteiger partial charge in [0.05, 0.1) is 0 Å². The number of aliphatic imine (C=N–C) groups is 1. The van der Waals surface area contributed by atoms with Gasteiger partial charge in [0.1, 0.15) is 5.71 Å². The third kappa shape index (κ3) is 3.38. The van der Waals surface area contributed by atoms with Crippen LogP contribution in [0, 0.1) is 0 Å². The van der Waals surface area contributed by atoms with Crippen LogP contribution in [0.1, 0.15) is 29.3 Å². The van der Waals surface area contributed by atoms with Crippen molar-refractivity contribution < 1.29 is 4.79 Å². The maximum atomic E-state index is 12.5. The van der Waals surface area contributed by atoms with Gasteiger partial charge in [-0.1, -0.05) is 67.6 Å². The maximum Gasteiger partial charge on any atom is 0.211 e.